The molecular formula is C11H14N4O2. The number of carboxylic acid groups (broad SMARTS) is 1. The third-order valence-corrected chi connectivity index (χ3v) is 2.32. The predicted molar refractivity (Wildman–Crippen MR) is 59.1 cm³/mol. The fourth-order valence-electron chi connectivity index (χ4n) is 1.57. The molecule has 1 rings (SSSR count). The molecule has 90 valence electrons. The smallest absolute Gasteiger partial charge is 0.214 e. The van der Waals surface area contributed by atoms with Crippen molar-refractivity contribution in [1.29, 1.82) is 5.53 Å². The minimum atomic E-state index is -1.29. The second kappa shape index (κ2) is 7.14. The Labute approximate surface area is 98.9 Å². The van der Waals surface area contributed by atoms with Crippen LogP contribution in [0.3, 0.4) is 0 Å². The highest BCUT2D eigenvalue weighted by Crippen LogP contribution is 2.17. The number of carbonyl (C=O) groups excluding carboxylic acids is 1. The topological polar surface area (TPSA) is 102 Å². The van der Waals surface area contributed by atoms with Crippen LogP contribution in [0.15, 0.2) is 35.4 Å². The molecule has 0 saturated carbocycles. The number of benzene rings is 1. The van der Waals surface area contributed by atoms with Crippen molar-refractivity contribution in [2.24, 2.45) is 5.11 Å². The summed E-state index contributed by atoms with van der Waals surface area (Å²) >= 11 is 0. The Morgan fingerprint density at radius 2 is 2.18 bits per heavy atom. The molecule has 0 spiro atoms. The van der Waals surface area contributed by atoms with Crippen LogP contribution in [0.4, 0.5) is 4.79 Å². The molecule has 0 aliphatic rings. The van der Waals surface area contributed by atoms with Gasteiger partial charge in [-0.3, -0.25) is 0 Å². The quantitative estimate of drug-likeness (QED) is 0.435. The van der Waals surface area contributed by atoms with E-state index in [0.717, 1.165) is 5.56 Å². The monoisotopic (exact) mass is 234 g/mol. The standard InChI is InChI=1S/C11H14N4O2/c12-15-13-8-4-7-10(14-11(16)17)9-5-2-1-3-6-9/h1-3,5-6,10,12,14H,4,7-8H2. The van der Waals surface area contributed by atoms with E-state index in [1.165, 1.54) is 0 Å². The van der Waals surface area contributed by atoms with Crippen LogP contribution in [-0.4, -0.2) is 12.6 Å². The average Bonchev–Trinajstić information content (AvgIpc) is 2.34. The van der Waals surface area contributed by atoms with Gasteiger partial charge in [0.05, 0.1) is 6.04 Å². The van der Waals surface area contributed by atoms with Gasteiger partial charge in [0, 0.05) is 0 Å². The second-order valence-corrected chi connectivity index (χ2v) is 3.50. The minimum absolute atomic E-state index is 0.304. The number of hydrogen-bond acceptors (Lipinski definition) is 4. The summed E-state index contributed by atoms with van der Waals surface area (Å²) in [5.41, 5.74) is 7.39. The predicted octanol–water partition coefficient (Wildman–Crippen LogP) is 0.991. The van der Waals surface area contributed by atoms with Crippen LogP contribution in [0, 0.1) is 5.53 Å². The number of nitrogens with one attached hydrogen (secondary N) is 2. The van der Waals surface area contributed by atoms with Gasteiger partial charge in [-0.25, -0.2) is 0 Å². The van der Waals surface area contributed by atoms with Gasteiger partial charge in [0.15, 0.2) is 0 Å². The maximum absolute atomic E-state index is 10.6. The first kappa shape index (κ1) is 12.9. The van der Waals surface area contributed by atoms with Gasteiger partial charge in [0.1, 0.15) is 23.3 Å². The molecule has 0 radical (unpaired) electrons. The van der Waals surface area contributed by atoms with E-state index in [9.17, 15) is 9.90 Å². The summed E-state index contributed by atoms with van der Waals surface area (Å²) in [6.45, 7) is 0.418. The first-order chi connectivity index (χ1) is 8.24. The highest BCUT2D eigenvalue weighted by atomic mass is 16.4. The fourth-order valence-corrected chi connectivity index (χ4v) is 1.57. The van der Waals surface area contributed by atoms with E-state index in [2.05, 4.69) is 15.3 Å². The summed E-state index contributed by atoms with van der Waals surface area (Å²) in [4.78, 5) is 13.5. The number of nitrogens with zero attached hydrogens (tertiary/aromatic N) is 2. The largest absolute Gasteiger partial charge is 0.530 e. The first-order valence-electron chi connectivity index (χ1n) is 5.29. The SMILES string of the molecule is N=[N+]=NCCCC(NC(=O)[O-])c1ccccc1. The van der Waals surface area contributed by atoms with Crippen molar-refractivity contribution in [2.45, 2.75) is 18.9 Å². The van der Waals surface area contributed by atoms with Gasteiger partial charge in [0.25, 0.3) is 0 Å². The van der Waals surface area contributed by atoms with Crippen LogP contribution in [0.25, 0.3) is 0 Å². The Kier molecular flexibility index (Phi) is 5.40. The molecule has 6 nitrogen and oxygen atoms in total. The second-order valence-electron chi connectivity index (χ2n) is 3.50. The van der Waals surface area contributed by atoms with E-state index >= 15 is 0 Å². The highest BCUT2D eigenvalue weighted by molar-refractivity contribution is 5.62. The molecule has 0 saturated heterocycles. The number of hydrogen-bond donors (Lipinski definition) is 2. The zero-order chi connectivity index (χ0) is 12.5. The normalized spacial score (nSPS) is 11.3. The lowest BCUT2D eigenvalue weighted by atomic mass is 10.0. The maximum Gasteiger partial charge on any atom is 0.214 e. The summed E-state index contributed by atoms with van der Waals surface area (Å²) in [5.74, 6) is 0. The molecule has 1 amide bonds. The van der Waals surface area contributed by atoms with Gasteiger partial charge in [0.2, 0.25) is 4.91 Å². The summed E-state index contributed by atoms with van der Waals surface area (Å²) in [6, 6.07) is 8.97. The van der Waals surface area contributed by atoms with Crippen LogP contribution >= 0.6 is 0 Å². The lowest BCUT2D eigenvalue weighted by molar-refractivity contribution is -0.251. The molecule has 0 aliphatic heterocycles. The molecule has 0 bridgehead atoms. The van der Waals surface area contributed by atoms with Crippen LogP contribution in [0.1, 0.15) is 24.4 Å². The number of carbonyl (C=O) groups is 1. The van der Waals surface area contributed by atoms with Crippen LogP contribution in [0.2, 0.25) is 0 Å². The van der Waals surface area contributed by atoms with E-state index in [1.54, 1.807) is 0 Å². The third kappa shape index (κ3) is 4.90. The Morgan fingerprint density at radius 1 is 1.47 bits per heavy atom. The maximum atomic E-state index is 10.6. The van der Waals surface area contributed by atoms with Crippen molar-refractivity contribution in [3.8, 4) is 0 Å². The summed E-state index contributed by atoms with van der Waals surface area (Å²) < 4.78 is 0. The van der Waals surface area contributed by atoms with Crippen molar-refractivity contribution in [2.75, 3.05) is 6.54 Å². The van der Waals surface area contributed by atoms with Crippen molar-refractivity contribution in [1.82, 2.24) is 10.2 Å². The van der Waals surface area contributed by atoms with Crippen molar-refractivity contribution < 1.29 is 9.90 Å². The van der Waals surface area contributed by atoms with E-state index < -0.39 is 6.09 Å². The molecule has 1 aromatic carbocycles. The van der Waals surface area contributed by atoms with E-state index in [4.69, 9.17) is 5.53 Å². The van der Waals surface area contributed by atoms with Crippen molar-refractivity contribution in [3.05, 3.63) is 35.9 Å². The van der Waals surface area contributed by atoms with E-state index in [1.807, 2.05) is 30.3 Å². The average molecular weight is 234 g/mol. The Hall–Kier alpha value is -2.20. The molecule has 6 heteroatoms. The lowest BCUT2D eigenvalue weighted by Crippen LogP contribution is -2.39. The van der Waals surface area contributed by atoms with Gasteiger partial charge in [-0.1, -0.05) is 30.3 Å². The summed E-state index contributed by atoms with van der Waals surface area (Å²) in [5, 5.41) is 16.5. The van der Waals surface area contributed by atoms with Gasteiger partial charge in [-0.05, 0) is 18.4 Å². The molecule has 1 atom stereocenters. The molecule has 1 aromatic rings. The number of rotatable bonds is 6. The molecular weight excluding hydrogens is 220 g/mol. The summed E-state index contributed by atoms with van der Waals surface area (Å²) in [7, 11) is 0. The fraction of sp³-hybridized carbons (Fsp3) is 0.364. The molecule has 0 heterocycles. The highest BCUT2D eigenvalue weighted by Gasteiger charge is 2.10. The van der Waals surface area contributed by atoms with Crippen molar-refractivity contribution >= 4 is 6.09 Å². The molecule has 2 N–H and O–H groups in total. The third-order valence-electron chi connectivity index (χ3n) is 2.32. The summed E-state index contributed by atoms with van der Waals surface area (Å²) in [6.07, 6.45) is -0.0415. The molecule has 0 aromatic heterocycles. The van der Waals surface area contributed by atoms with Crippen LogP contribution < -0.4 is 15.3 Å². The zero-order valence-corrected chi connectivity index (χ0v) is 9.30. The van der Waals surface area contributed by atoms with E-state index in [0.29, 0.717) is 19.4 Å². The van der Waals surface area contributed by atoms with Crippen molar-refractivity contribution in [3.63, 3.8) is 0 Å². The Balaban J connectivity index is 2.60. The molecule has 0 fully saturated rings. The van der Waals surface area contributed by atoms with Gasteiger partial charge >= 0.3 is 0 Å². The van der Waals surface area contributed by atoms with Gasteiger partial charge < -0.3 is 15.2 Å². The zero-order valence-electron chi connectivity index (χ0n) is 9.30. The lowest BCUT2D eigenvalue weighted by Gasteiger charge is -2.19. The van der Waals surface area contributed by atoms with E-state index in [-0.39, 0.29) is 6.04 Å². The minimum Gasteiger partial charge on any atom is -0.530 e. The van der Waals surface area contributed by atoms with Gasteiger partial charge in [-0.15, -0.1) is 0 Å². The molecule has 0 aliphatic carbocycles. The van der Waals surface area contributed by atoms with Crippen LogP contribution in [-0.2, 0) is 0 Å². The number of amides is 1. The molecule has 1 unspecified atom stereocenters. The first-order valence-corrected chi connectivity index (χ1v) is 5.29. The van der Waals surface area contributed by atoms with Crippen LogP contribution in [0.5, 0.6) is 0 Å². The molecule has 17 heavy (non-hydrogen) atoms. The van der Waals surface area contributed by atoms with Gasteiger partial charge in [-0.2, -0.15) is 0 Å². The Bertz CT molecular complexity index is 401. The Morgan fingerprint density at radius 3 is 2.76 bits per heavy atom.